The van der Waals surface area contributed by atoms with E-state index >= 15 is 0 Å². The number of halogens is 3. The van der Waals surface area contributed by atoms with Crippen molar-refractivity contribution in [3.63, 3.8) is 0 Å². The highest BCUT2D eigenvalue weighted by Gasteiger charge is 2.75. The molecule has 1 heterocycles. The Morgan fingerprint density at radius 2 is 1.50 bits per heavy atom. The molecule has 2 bridgehead atoms. The number of ether oxygens (including phenoxy) is 3. The maximum atomic E-state index is 12.9. The van der Waals surface area contributed by atoms with E-state index in [2.05, 4.69) is 9.84 Å². The largest absolute Gasteiger partial charge is 0.522 e. The molecule has 5 rings (SSSR count). The Balaban J connectivity index is 1.42. The predicted molar refractivity (Wildman–Crippen MR) is 114 cm³/mol. The van der Waals surface area contributed by atoms with Gasteiger partial charge in [0.05, 0.1) is 22.9 Å². The van der Waals surface area contributed by atoms with E-state index in [-0.39, 0.29) is 24.3 Å². The minimum Gasteiger partial charge on any atom is -0.443 e. The highest BCUT2D eigenvalue weighted by molar-refractivity contribution is 5.90. The lowest BCUT2D eigenvalue weighted by molar-refractivity contribution is -0.351. The topological polar surface area (TPSA) is 82.9 Å². The van der Waals surface area contributed by atoms with E-state index in [1.54, 1.807) is 41.5 Å². The second kappa shape index (κ2) is 7.60. The molecule has 0 unspecified atom stereocenters. The van der Waals surface area contributed by atoms with Gasteiger partial charge < -0.3 is 9.47 Å². The lowest BCUT2D eigenvalue weighted by Gasteiger charge is -2.71. The molecule has 11 heteroatoms. The number of aromatic nitrogens is 2. The van der Waals surface area contributed by atoms with Gasteiger partial charge in [0, 0.05) is 12.1 Å². The molecule has 190 valence electrons. The van der Waals surface area contributed by atoms with Crippen molar-refractivity contribution >= 4 is 12.2 Å². The van der Waals surface area contributed by atoms with E-state index in [1.165, 1.54) is 0 Å². The number of carbonyl (C=O) groups is 2. The highest BCUT2D eigenvalue weighted by atomic mass is 19.4. The second-order valence-electron chi connectivity index (χ2n) is 11.8. The van der Waals surface area contributed by atoms with E-state index in [4.69, 9.17) is 9.47 Å². The van der Waals surface area contributed by atoms with E-state index in [1.807, 2.05) is 16.9 Å². The lowest BCUT2D eigenvalue weighted by Crippen LogP contribution is -2.80. The molecule has 1 aromatic rings. The summed E-state index contributed by atoms with van der Waals surface area (Å²) in [7, 11) is 0. The normalized spacial score (nSPS) is 30.5. The van der Waals surface area contributed by atoms with Gasteiger partial charge >= 0.3 is 18.5 Å². The molecular formula is C23H32F3N3O5. The lowest BCUT2D eigenvalue weighted by atomic mass is 9.43. The van der Waals surface area contributed by atoms with E-state index in [0.29, 0.717) is 19.3 Å². The standard InChI is InChI=1S/C23H32F3N3O5/c1-19(2,3)33-17(30)29(18(31)34-20(4,5)6)22-11-21(12-22,13-22)28-8-7-16(27-28)14-9-15(10-14)32-23(24,25)26/h7-8,14-15H,9-13H2,1-6H3. The summed E-state index contributed by atoms with van der Waals surface area (Å²) in [6.45, 7) is 10.4. The fraction of sp³-hybridized carbons (Fsp3) is 0.783. The Labute approximate surface area is 196 Å². The zero-order valence-electron chi connectivity index (χ0n) is 20.4. The molecule has 1 aromatic heterocycles. The minimum atomic E-state index is -4.62. The van der Waals surface area contributed by atoms with Crippen molar-refractivity contribution in [2.75, 3.05) is 0 Å². The first-order valence-corrected chi connectivity index (χ1v) is 11.5. The Morgan fingerprint density at radius 3 is 1.94 bits per heavy atom. The maximum Gasteiger partial charge on any atom is 0.522 e. The quantitative estimate of drug-likeness (QED) is 0.560. The van der Waals surface area contributed by atoms with Crippen molar-refractivity contribution in [1.82, 2.24) is 14.7 Å². The van der Waals surface area contributed by atoms with Crippen molar-refractivity contribution in [3.05, 3.63) is 18.0 Å². The summed E-state index contributed by atoms with van der Waals surface area (Å²) >= 11 is 0. The number of amides is 2. The van der Waals surface area contributed by atoms with Crippen LogP contribution in [0.15, 0.2) is 12.3 Å². The molecule has 4 fully saturated rings. The first-order chi connectivity index (χ1) is 15.4. The van der Waals surface area contributed by atoms with Crippen molar-refractivity contribution < 1.29 is 37.0 Å². The second-order valence-corrected chi connectivity index (χ2v) is 11.8. The molecule has 4 saturated carbocycles. The molecule has 34 heavy (non-hydrogen) atoms. The van der Waals surface area contributed by atoms with Gasteiger partial charge in [0.2, 0.25) is 0 Å². The summed E-state index contributed by atoms with van der Waals surface area (Å²) in [5.41, 5.74) is -1.83. The van der Waals surface area contributed by atoms with Crippen LogP contribution in [0.4, 0.5) is 22.8 Å². The van der Waals surface area contributed by atoms with Crippen molar-refractivity contribution in [2.45, 2.75) is 114 Å². The number of hydrogen-bond donors (Lipinski definition) is 0. The number of hydrogen-bond acceptors (Lipinski definition) is 6. The first kappa shape index (κ1) is 24.8. The average Bonchev–Trinajstić information content (AvgIpc) is 2.96. The fourth-order valence-electron chi connectivity index (χ4n) is 5.15. The van der Waals surface area contributed by atoms with Gasteiger partial charge in [-0.25, -0.2) is 14.5 Å². The molecule has 0 aromatic carbocycles. The van der Waals surface area contributed by atoms with Crippen molar-refractivity contribution in [2.24, 2.45) is 0 Å². The third kappa shape index (κ3) is 4.76. The molecular weight excluding hydrogens is 455 g/mol. The minimum absolute atomic E-state index is 0.0741. The molecule has 0 spiro atoms. The van der Waals surface area contributed by atoms with Crippen molar-refractivity contribution in [1.29, 1.82) is 0 Å². The third-order valence-corrected chi connectivity index (χ3v) is 6.51. The van der Waals surface area contributed by atoms with Crippen LogP contribution in [-0.2, 0) is 19.7 Å². The SMILES string of the molecule is CC(C)(C)OC(=O)N(C(=O)OC(C)(C)C)C12CC(n3ccc(C4CC(OC(F)(F)F)C4)n3)(C1)C2. The Kier molecular flexibility index (Phi) is 5.54. The van der Waals surface area contributed by atoms with Gasteiger partial charge in [0.1, 0.15) is 11.2 Å². The van der Waals surface area contributed by atoms with Crippen LogP contribution in [0.1, 0.15) is 85.3 Å². The maximum absolute atomic E-state index is 12.9. The van der Waals surface area contributed by atoms with E-state index in [0.717, 1.165) is 10.6 Å². The molecule has 0 atom stereocenters. The van der Waals surface area contributed by atoms with Crippen LogP contribution in [0.3, 0.4) is 0 Å². The van der Waals surface area contributed by atoms with Gasteiger partial charge in [0.15, 0.2) is 0 Å². The summed E-state index contributed by atoms with van der Waals surface area (Å²) in [5.74, 6) is -0.0741. The van der Waals surface area contributed by atoms with Gasteiger partial charge in [-0.1, -0.05) is 0 Å². The van der Waals surface area contributed by atoms with Crippen LogP contribution in [-0.4, -0.2) is 56.1 Å². The summed E-state index contributed by atoms with van der Waals surface area (Å²) < 4.78 is 54.0. The molecule has 0 aliphatic heterocycles. The zero-order chi connectivity index (χ0) is 25.3. The number of imide groups is 1. The molecule has 0 N–H and O–H groups in total. The molecule has 0 radical (unpaired) electrons. The van der Waals surface area contributed by atoms with Crippen LogP contribution >= 0.6 is 0 Å². The first-order valence-electron chi connectivity index (χ1n) is 11.5. The highest BCUT2D eigenvalue weighted by Crippen LogP contribution is 2.68. The number of nitrogens with zero attached hydrogens (tertiary/aromatic N) is 3. The molecule has 4 aliphatic carbocycles. The van der Waals surface area contributed by atoms with Gasteiger partial charge in [0.25, 0.3) is 0 Å². The summed E-state index contributed by atoms with van der Waals surface area (Å²) in [6.07, 6.45) is -2.99. The van der Waals surface area contributed by atoms with Gasteiger partial charge in [-0.3, -0.25) is 9.42 Å². The average molecular weight is 488 g/mol. The molecule has 8 nitrogen and oxygen atoms in total. The van der Waals surface area contributed by atoms with Gasteiger partial charge in [-0.05, 0) is 79.7 Å². The van der Waals surface area contributed by atoms with Crippen LogP contribution in [0, 0.1) is 0 Å². The van der Waals surface area contributed by atoms with Gasteiger partial charge in [-0.2, -0.15) is 5.10 Å². The Hall–Kier alpha value is -2.30. The molecule has 2 amide bonds. The zero-order valence-corrected chi connectivity index (χ0v) is 20.4. The van der Waals surface area contributed by atoms with E-state index in [9.17, 15) is 22.8 Å². The number of alkyl halides is 3. The van der Waals surface area contributed by atoms with Gasteiger partial charge in [-0.15, -0.1) is 13.2 Å². The summed E-state index contributed by atoms with van der Waals surface area (Å²) in [5, 5.41) is 4.62. The Morgan fingerprint density at radius 1 is 1.00 bits per heavy atom. The monoisotopic (exact) mass is 487 g/mol. The van der Waals surface area contributed by atoms with Crippen molar-refractivity contribution in [3.8, 4) is 0 Å². The smallest absolute Gasteiger partial charge is 0.443 e. The molecule has 4 aliphatic rings. The summed E-state index contributed by atoms with van der Waals surface area (Å²) in [4.78, 5) is 27.0. The number of carbonyl (C=O) groups excluding carboxylic acids is 2. The van der Waals surface area contributed by atoms with Crippen LogP contribution in [0.2, 0.25) is 0 Å². The third-order valence-electron chi connectivity index (χ3n) is 6.51. The van der Waals surface area contributed by atoms with Crippen LogP contribution < -0.4 is 0 Å². The van der Waals surface area contributed by atoms with E-state index < -0.39 is 41.4 Å². The number of rotatable bonds is 4. The fourth-order valence-corrected chi connectivity index (χ4v) is 5.15. The van der Waals surface area contributed by atoms with Crippen LogP contribution in [0.5, 0.6) is 0 Å². The molecule has 0 saturated heterocycles. The predicted octanol–water partition coefficient (Wildman–Crippen LogP) is 5.47. The van der Waals surface area contributed by atoms with Crippen LogP contribution in [0.25, 0.3) is 0 Å². The Bertz CT molecular complexity index is 922. The summed E-state index contributed by atoms with van der Waals surface area (Å²) in [6, 6.07) is 1.82.